The summed E-state index contributed by atoms with van der Waals surface area (Å²) in [7, 11) is 0. The van der Waals surface area contributed by atoms with Crippen molar-refractivity contribution >= 4 is 60.5 Å². The largest absolute Gasteiger partial charge is 0.455 e. The molecule has 1 aliphatic carbocycles. The lowest BCUT2D eigenvalue weighted by Gasteiger charge is -2.34. The van der Waals surface area contributed by atoms with E-state index in [2.05, 4.69) is 248 Å². The molecule has 1 aliphatic rings. The molecule has 0 atom stereocenters. The van der Waals surface area contributed by atoms with Crippen LogP contribution in [-0.4, -0.2) is 0 Å². The topological polar surface area (TPSA) is 16.4 Å². The Balaban J connectivity index is 1.08. The minimum atomic E-state index is -0.544. The first-order valence-electron chi connectivity index (χ1n) is 22.4. The summed E-state index contributed by atoms with van der Waals surface area (Å²) >= 11 is 0. The zero-order valence-electron chi connectivity index (χ0n) is 35.5. The van der Waals surface area contributed by atoms with Gasteiger partial charge in [-0.15, -0.1) is 0 Å². The quantitative estimate of drug-likeness (QED) is 0.149. The highest BCUT2D eigenvalue weighted by Crippen LogP contribution is 2.60. The van der Waals surface area contributed by atoms with Gasteiger partial charge in [0, 0.05) is 33.2 Å². The molecule has 12 aromatic rings. The van der Waals surface area contributed by atoms with E-state index in [0.29, 0.717) is 0 Å². The van der Waals surface area contributed by atoms with Crippen LogP contribution >= 0.6 is 0 Å². The van der Waals surface area contributed by atoms with E-state index in [1.165, 1.54) is 66.1 Å². The maximum Gasteiger partial charge on any atom is 0.143 e. The standard InChI is InChI=1S/C63H41NO/c1-3-19-44(20-4-1)63(45-21-5-2-6-22-45)56-31-12-9-26-55(56)61-57(63)32-17-34-59(61)64(58-33-13-10-24-51(58)53-29-16-30-54-52-25-11-14-35-60(52)65-62(53)54)46-39-36-43(37-40-46)48-27-15-28-49-47-23-8-7-18-42(47)38-41-50(48)49/h1-41H. The predicted octanol–water partition coefficient (Wildman–Crippen LogP) is 17.1. The van der Waals surface area contributed by atoms with Gasteiger partial charge in [0.05, 0.1) is 16.8 Å². The lowest BCUT2D eigenvalue weighted by molar-refractivity contribution is 0.670. The highest BCUT2D eigenvalue weighted by Gasteiger charge is 2.47. The third-order valence-electron chi connectivity index (χ3n) is 13.8. The van der Waals surface area contributed by atoms with Crippen LogP contribution < -0.4 is 4.90 Å². The van der Waals surface area contributed by atoms with Gasteiger partial charge in [0.25, 0.3) is 0 Å². The Morgan fingerprint density at radius 3 is 1.69 bits per heavy atom. The maximum absolute atomic E-state index is 6.74. The first kappa shape index (κ1) is 37.1. The second kappa shape index (κ2) is 14.8. The van der Waals surface area contributed by atoms with Crippen LogP contribution in [0.3, 0.4) is 0 Å². The minimum Gasteiger partial charge on any atom is -0.455 e. The van der Waals surface area contributed by atoms with Gasteiger partial charge in [-0.25, -0.2) is 0 Å². The van der Waals surface area contributed by atoms with Crippen molar-refractivity contribution < 1.29 is 4.42 Å². The molecule has 13 rings (SSSR count). The molecule has 65 heavy (non-hydrogen) atoms. The third kappa shape index (κ3) is 5.60. The molecule has 0 fully saturated rings. The van der Waals surface area contributed by atoms with Crippen molar-refractivity contribution in [2.75, 3.05) is 4.90 Å². The van der Waals surface area contributed by atoms with Crippen molar-refractivity contribution in [2.45, 2.75) is 5.41 Å². The first-order chi connectivity index (χ1) is 32.3. The molecule has 2 nitrogen and oxygen atoms in total. The molecule has 0 radical (unpaired) electrons. The number of fused-ring (bicyclic) bond motifs is 9. The maximum atomic E-state index is 6.74. The van der Waals surface area contributed by atoms with Crippen LogP contribution in [0, 0.1) is 0 Å². The summed E-state index contributed by atoms with van der Waals surface area (Å²) in [5, 5.41) is 7.25. The van der Waals surface area contributed by atoms with Crippen LogP contribution in [0.1, 0.15) is 22.3 Å². The molecule has 0 aliphatic heterocycles. The number of para-hydroxylation sites is 3. The fourth-order valence-corrected chi connectivity index (χ4v) is 11.0. The van der Waals surface area contributed by atoms with Crippen molar-refractivity contribution in [2.24, 2.45) is 0 Å². The number of anilines is 3. The number of nitrogens with zero attached hydrogens (tertiary/aromatic N) is 1. The molecule has 0 unspecified atom stereocenters. The summed E-state index contributed by atoms with van der Waals surface area (Å²) in [6, 6.07) is 90.8. The van der Waals surface area contributed by atoms with E-state index >= 15 is 0 Å². The highest BCUT2D eigenvalue weighted by molar-refractivity contribution is 6.13. The molecule has 0 N–H and O–H groups in total. The van der Waals surface area contributed by atoms with Crippen molar-refractivity contribution in [1.29, 1.82) is 0 Å². The molecule has 0 amide bonds. The Hall–Kier alpha value is -8.46. The van der Waals surface area contributed by atoms with E-state index in [1.807, 2.05) is 6.07 Å². The summed E-state index contributed by atoms with van der Waals surface area (Å²) in [5.74, 6) is 0. The van der Waals surface area contributed by atoms with Crippen LogP contribution in [-0.2, 0) is 5.41 Å². The molecular weight excluding hydrogens is 787 g/mol. The van der Waals surface area contributed by atoms with E-state index in [9.17, 15) is 0 Å². The van der Waals surface area contributed by atoms with E-state index in [4.69, 9.17) is 4.42 Å². The van der Waals surface area contributed by atoms with E-state index in [1.54, 1.807) is 0 Å². The SMILES string of the molecule is c1ccc(C2(c3ccccc3)c3ccccc3-c3c(N(c4ccc(-c5cccc6c5ccc5ccccc56)cc4)c4ccccc4-c4cccc5c4oc4ccccc45)cccc32)cc1. The fraction of sp³-hybridized carbons (Fsp3) is 0.0159. The first-order valence-corrected chi connectivity index (χ1v) is 22.4. The Morgan fingerprint density at radius 2 is 0.892 bits per heavy atom. The van der Waals surface area contributed by atoms with Crippen LogP contribution in [0.15, 0.2) is 253 Å². The van der Waals surface area contributed by atoms with Crippen molar-refractivity contribution in [3.8, 4) is 33.4 Å². The molecule has 0 spiro atoms. The molecule has 0 bridgehead atoms. The molecule has 2 heteroatoms. The van der Waals surface area contributed by atoms with Gasteiger partial charge in [-0.3, -0.25) is 0 Å². The van der Waals surface area contributed by atoms with Gasteiger partial charge in [0.1, 0.15) is 11.2 Å². The Kier molecular flexibility index (Phi) is 8.47. The summed E-state index contributed by atoms with van der Waals surface area (Å²) < 4.78 is 6.74. The second-order valence-corrected chi connectivity index (χ2v) is 17.1. The van der Waals surface area contributed by atoms with Crippen molar-refractivity contribution in [3.63, 3.8) is 0 Å². The lowest BCUT2D eigenvalue weighted by Crippen LogP contribution is -2.28. The molecule has 1 heterocycles. The van der Waals surface area contributed by atoms with Gasteiger partial charge in [0.15, 0.2) is 0 Å². The highest BCUT2D eigenvalue weighted by atomic mass is 16.3. The zero-order chi connectivity index (χ0) is 42.9. The summed E-state index contributed by atoms with van der Waals surface area (Å²) in [5.41, 5.74) is 16.5. The van der Waals surface area contributed by atoms with Crippen LogP contribution in [0.25, 0.3) is 76.9 Å². The monoisotopic (exact) mass is 827 g/mol. The van der Waals surface area contributed by atoms with Crippen molar-refractivity contribution in [3.05, 3.63) is 271 Å². The smallest absolute Gasteiger partial charge is 0.143 e. The van der Waals surface area contributed by atoms with Crippen LogP contribution in [0.4, 0.5) is 17.1 Å². The Bertz CT molecular complexity index is 3730. The van der Waals surface area contributed by atoms with Gasteiger partial charge in [0.2, 0.25) is 0 Å². The average molecular weight is 828 g/mol. The number of hydrogen-bond donors (Lipinski definition) is 0. The van der Waals surface area contributed by atoms with Crippen LogP contribution in [0.2, 0.25) is 0 Å². The van der Waals surface area contributed by atoms with Gasteiger partial charge < -0.3 is 9.32 Å². The predicted molar refractivity (Wildman–Crippen MR) is 272 cm³/mol. The number of hydrogen-bond acceptors (Lipinski definition) is 2. The van der Waals surface area contributed by atoms with Gasteiger partial charge >= 0.3 is 0 Å². The number of furan rings is 1. The average Bonchev–Trinajstić information content (AvgIpc) is 3.92. The summed E-state index contributed by atoms with van der Waals surface area (Å²) in [6.45, 7) is 0. The van der Waals surface area contributed by atoms with Gasteiger partial charge in [-0.1, -0.05) is 218 Å². The Labute approximate surface area is 377 Å². The van der Waals surface area contributed by atoms with E-state index in [-0.39, 0.29) is 0 Å². The molecule has 1 aromatic heterocycles. The molecule has 304 valence electrons. The molecule has 11 aromatic carbocycles. The lowest BCUT2D eigenvalue weighted by atomic mass is 9.68. The van der Waals surface area contributed by atoms with Crippen molar-refractivity contribution in [1.82, 2.24) is 0 Å². The minimum absolute atomic E-state index is 0.544. The summed E-state index contributed by atoms with van der Waals surface area (Å²) in [6.07, 6.45) is 0. The third-order valence-corrected chi connectivity index (χ3v) is 13.8. The van der Waals surface area contributed by atoms with E-state index in [0.717, 1.165) is 50.1 Å². The van der Waals surface area contributed by atoms with Gasteiger partial charge in [-0.05, 0) is 90.8 Å². The summed E-state index contributed by atoms with van der Waals surface area (Å²) in [4.78, 5) is 2.49. The Morgan fingerprint density at radius 1 is 0.323 bits per heavy atom. The fourth-order valence-electron chi connectivity index (χ4n) is 11.0. The molecule has 0 saturated heterocycles. The molecular formula is C63H41NO. The normalized spacial score (nSPS) is 12.7. The van der Waals surface area contributed by atoms with Crippen LogP contribution in [0.5, 0.6) is 0 Å². The number of rotatable bonds is 7. The van der Waals surface area contributed by atoms with E-state index < -0.39 is 5.41 Å². The molecule has 0 saturated carbocycles. The van der Waals surface area contributed by atoms with Gasteiger partial charge in [-0.2, -0.15) is 0 Å². The second-order valence-electron chi connectivity index (χ2n) is 17.1. The number of benzene rings is 11. The zero-order valence-corrected chi connectivity index (χ0v) is 35.5.